The van der Waals surface area contributed by atoms with E-state index in [1.807, 2.05) is 0 Å². The molecule has 0 amide bonds. The molecular weight excluding hydrogens is 184 g/mol. The number of rotatable bonds is 2. The molecule has 2 rings (SSSR count). The molecule has 2 aliphatic rings. The highest BCUT2D eigenvalue weighted by Crippen LogP contribution is 2.33. The standard InChI is InChI=1S/C13H24N2/c14-15-13(11-7-3-1-4-8-11)12-9-5-2-6-10-12/h11-12H,1-10,14H2. The summed E-state index contributed by atoms with van der Waals surface area (Å²) in [6.45, 7) is 0. The molecular formula is C13H24N2. The van der Waals surface area contributed by atoms with Gasteiger partial charge in [0, 0.05) is 5.71 Å². The molecule has 0 aromatic carbocycles. The van der Waals surface area contributed by atoms with Crippen molar-refractivity contribution in [3.8, 4) is 0 Å². The fourth-order valence-corrected chi connectivity index (χ4v) is 3.34. The van der Waals surface area contributed by atoms with Gasteiger partial charge in [-0.1, -0.05) is 38.5 Å². The molecule has 0 radical (unpaired) electrons. The molecule has 2 fully saturated rings. The first-order valence-electron chi connectivity index (χ1n) is 6.69. The molecule has 0 aliphatic heterocycles. The Kier molecular flexibility index (Phi) is 4.04. The SMILES string of the molecule is NN=C(C1CCCCC1)C1CCCCC1. The van der Waals surface area contributed by atoms with E-state index in [1.54, 1.807) is 0 Å². The fraction of sp³-hybridized carbons (Fsp3) is 0.923. The van der Waals surface area contributed by atoms with Crippen molar-refractivity contribution in [1.29, 1.82) is 0 Å². The zero-order valence-corrected chi connectivity index (χ0v) is 9.75. The third kappa shape index (κ3) is 2.73. The molecule has 2 N–H and O–H groups in total. The molecule has 0 saturated heterocycles. The van der Waals surface area contributed by atoms with Crippen molar-refractivity contribution in [1.82, 2.24) is 0 Å². The summed E-state index contributed by atoms with van der Waals surface area (Å²) < 4.78 is 0. The summed E-state index contributed by atoms with van der Waals surface area (Å²) in [7, 11) is 0. The molecule has 0 spiro atoms. The van der Waals surface area contributed by atoms with Crippen LogP contribution in [-0.2, 0) is 0 Å². The topological polar surface area (TPSA) is 38.4 Å². The van der Waals surface area contributed by atoms with E-state index in [0.717, 1.165) is 11.8 Å². The summed E-state index contributed by atoms with van der Waals surface area (Å²) in [6.07, 6.45) is 13.7. The Balaban J connectivity index is 1.95. The lowest BCUT2D eigenvalue weighted by atomic mass is 9.76. The highest BCUT2D eigenvalue weighted by Gasteiger charge is 2.27. The number of hydrazone groups is 1. The van der Waals surface area contributed by atoms with Crippen molar-refractivity contribution in [3.63, 3.8) is 0 Å². The van der Waals surface area contributed by atoms with Crippen molar-refractivity contribution in [2.24, 2.45) is 22.8 Å². The van der Waals surface area contributed by atoms with Gasteiger partial charge in [0.1, 0.15) is 0 Å². The van der Waals surface area contributed by atoms with Gasteiger partial charge in [-0.05, 0) is 37.5 Å². The molecule has 0 bridgehead atoms. The number of hydrogen-bond donors (Lipinski definition) is 1. The zero-order chi connectivity index (χ0) is 10.5. The Morgan fingerprint density at radius 1 is 0.733 bits per heavy atom. The fourth-order valence-electron chi connectivity index (χ4n) is 3.34. The quantitative estimate of drug-likeness (QED) is 0.421. The van der Waals surface area contributed by atoms with Crippen molar-refractivity contribution in [3.05, 3.63) is 0 Å². The lowest BCUT2D eigenvalue weighted by Gasteiger charge is -2.30. The van der Waals surface area contributed by atoms with E-state index in [2.05, 4.69) is 5.10 Å². The second kappa shape index (κ2) is 5.53. The minimum absolute atomic E-state index is 0.729. The molecule has 0 heterocycles. The molecule has 86 valence electrons. The summed E-state index contributed by atoms with van der Waals surface area (Å²) in [5.74, 6) is 7.08. The van der Waals surface area contributed by atoms with Gasteiger partial charge in [-0.15, -0.1) is 0 Å². The maximum Gasteiger partial charge on any atom is 0.0437 e. The summed E-state index contributed by atoms with van der Waals surface area (Å²) in [6, 6.07) is 0. The normalized spacial score (nSPS) is 25.1. The lowest BCUT2D eigenvalue weighted by Crippen LogP contribution is -2.28. The van der Waals surface area contributed by atoms with Gasteiger partial charge < -0.3 is 5.84 Å². The maximum absolute atomic E-state index is 5.62. The van der Waals surface area contributed by atoms with Crippen molar-refractivity contribution in [2.75, 3.05) is 0 Å². The maximum atomic E-state index is 5.62. The van der Waals surface area contributed by atoms with Crippen molar-refractivity contribution >= 4 is 5.71 Å². The Bertz CT molecular complexity index is 191. The van der Waals surface area contributed by atoms with Crippen LogP contribution in [0.5, 0.6) is 0 Å². The Morgan fingerprint density at radius 3 is 1.47 bits per heavy atom. The first kappa shape index (κ1) is 11.0. The molecule has 0 aromatic heterocycles. The van der Waals surface area contributed by atoms with Gasteiger partial charge in [0.25, 0.3) is 0 Å². The Hall–Kier alpha value is -0.530. The molecule has 15 heavy (non-hydrogen) atoms. The van der Waals surface area contributed by atoms with Crippen LogP contribution in [0.25, 0.3) is 0 Å². The minimum Gasteiger partial charge on any atom is -0.323 e. The summed E-state index contributed by atoms with van der Waals surface area (Å²) in [5, 5.41) is 4.15. The van der Waals surface area contributed by atoms with Crippen LogP contribution < -0.4 is 5.84 Å². The van der Waals surface area contributed by atoms with Crippen LogP contribution in [0.4, 0.5) is 0 Å². The Morgan fingerprint density at radius 2 is 1.13 bits per heavy atom. The molecule has 2 heteroatoms. The average molecular weight is 208 g/mol. The van der Waals surface area contributed by atoms with Gasteiger partial charge in [0.15, 0.2) is 0 Å². The molecule has 2 aliphatic carbocycles. The predicted molar refractivity (Wildman–Crippen MR) is 64.8 cm³/mol. The van der Waals surface area contributed by atoms with Gasteiger partial charge in [-0.2, -0.15) is 5.10 Å². The van der Waals surface area contributed by atoms with E-state index in [-0.39, 0.29) is 0 Å². The van der Waals surface area contributed by atoms with E-state index >= 15 is 0 Å². The largest absolute Gasteiger partial charge is 0.323 e. The van der Waals surface area contributed by atoms with Crippen molar-refractivity contribution < 1.29 is 0 Å². The van der Waals surface area contributed by atoms with Crippen molar-refractivity contribution in [2.45, 2.75) is 64.2 Å². The molecule has 0 atom stereocenters. The second-order valence-corrected chi connectivity index (χ2v) is 5.22. The van der Waals surface area contributed by atoms with Gasteiger partial charge in [0.2, 0.25) is 0 Å². The molecule has 2 nitrogen and oxygen atoms in total. The van der Waals surface area contributed by atoms with E-state index in [1.165, 1.54) is 69.9 Å². The highest BCUT2D eigenvalue weighted by atomic mass is 15.1. The van der Waals surface area contributed by atoms with Crippen LogP contribution in [0.2, 0.25) is 0 Å². The first-order valence-corrected chi connectivity index (χ1v) is 6.69. The lowest BCUT2D eigenvalue weighted by molar-refractivity contribution is 0.387. The minimum atomic E-state index is 0.729. The third-order valence-corrected chi connectivity index (χ3v) is 4.20. The van der Waals surface area contributed by atoms with Gasteiger partial charge in [-0.3, -0.25) is 0 Å². The zero-order valence-electron chi connectivity index (χ0n) is 9.75. The van der Waals surface area contributed by atoms with Crippen LogP contribution in [-0.4, -0.2) is 5.71 Å². The predicted octanol–water partition coefficient (Wildman–Crippen LogP) is 3.46. The second-order valence-electron chi connectivity index (χ2n) is 5.22. The number of hydrogen-bond acceptors (Lipinski definition) is 2. The summed E-state index contributed by atoms with van der Waals surface area (Å²) >= 11 is 0. The Labute approximate surface area is 93.3 Å². The monoisotopic (exact) mass is 208 g/mol. The molecule has 0 unspecified atom stereocenters. The van der Waals surface area contributed by atoms with E-state index in [4.69, 9.17) is 5.84 Å². The van der Waals surface area contributed by atoms with Gasteiger partial charge in [0.05, 0.1) is 0 Å². The van der Waals surface area contributed by atoms with Crippen LogP contribution in [0, 0.1) is 11.8 Å². The van der Waals surface area contributed by atoms with Crippen LogP contribution in [0.15, 0.2) is 5.10 Å². The smallest absolute Gasteiger partial charge is 0.0437 e. The summed E-state index contributed by atoms with van der Waals surface area (Å²) in [4.78, 5) is 0. The van der Waals surface area contributed by atoms with Crippen LogP contribution >= 0.6 is 0 Å². The number of nitrogens with zero attached hydrogens (tertiary/aromatic N) is 1. The van der Waals surface area contributed by atoms with Gasteiger partial charge >= 0.3 is 0 Å². The molecule has 2 saturated carbocycles. The number of nitrogens with two attached hydrogens (primary N) is 1. The highest BCUT2D eigenvalue weighted by molar-refractivity contribution is 5.88. The molecule has 0 aromatic rings. The van der Waals surface area contributed by atoms with E-state index < -0.39 is 0 Å². The van der Waals surface area contributed by atoms with Crippen LogP contribution in [0.3, 0.4) is 0 Å². The third-order valence-electron chi connectivity index (χ3n) is 4.20. The first-order chi connectivity index (χ1) is 7.42. The van der Waals surface area contributed by atoms with Gasteiger partial charge in [-0.25, -0.2) is 0 Å². The van der Waals surface area contributed by atoms with E-state index in [9.17, 15) is 0 Å². The average Bonchev–Trinajstić information content (AvgIpc) is 2.33. The van der Waals surface area contributed by atoms with Crippen LogP contribution in [0.1, 0.15) is 64.2 Å². The van der Waals surface area contributed by atoms with E-state index in [0.29, 0.717) is 0 Å². The summed E-state index contributed by atoms with van der Waals surface area (Å²) in [5.41, 5.74) is 1.37.